The molecule has 9 heteroatoms. The molecule has 22 heavy (non-hydrogen) atoms. The van der Waals surface area contributed by atoms with Crippen molar-refractivity contribution in [3.05, 3.63) is 35.4 Å². The van der Waals surface area contributed by atoms with Gasteiger partial charge in [-0.05, 0) is 42.7 Å². The molecule has 2 amide bonds. The first-order chi connectivity index (χ1) is 10.3. The van der Waals surface area contributed by atoms with Crippen LogP contribution >= 0.6 is 11.8 Å². The van der Waals surface area contributed by atoms with Gasteiger partial charge in [-0.1, -0.05) is 0 Å². The van der Waals surface area contributed by atoms with Crippen LogP contribution < -0.4 is 16.6 Å². The van der Waals surface area contributed by atoms with E-state index < -0.39 is 29.6 Å². The van der Waals surface area contributed by atoms with E-state index in [1.54, 1.807) is 0 Å². The quantitative estimate of drug-likeness (QED) is 0.418. The normalized spacial score (nSPS) is 12.6. The number of amides is 2. The van der Waals surface area contributed by atoms with Crippen LogP contribution in [-0.2, 0) is 11.0 Å². The molecule has 1 aromatic rings. The highest BCUT2D eigenvalue weighted by molar-refractivity contribution is 7.98. The fourth-order valence-corrected chi connectivity index (χ4v) is 2.13. The summed E-state index contributed by atoms with van der Waals surface area (Å²) in [5.41, 5.74) is 1.14. The maximum Gasteiger partial charge on any atom is 0.416 e. The van der Waals surface area contributed by atoms with Gasteiger partial charge in [-0.25, -0.2) is 5.84 Å². The average molecular weight is 335 g/mol. The molecule has 122 valence electrons. The van der Waals surface area contributed by atoms with Gasteiger partial charge < -0.3 is 5.32 Å². The van der Waals surface area contributed by atoms with Crippen LogP contribution in [0.5, 0.6) is 0 Å². The van der Waals surface area contributed by atoms with Crippen molar-refractivity contribution in [1.82, 2.24) is 10.7 Å². The van der Waals surface area contributed by atoms with Gasteiger partial charge in [-0.2, -0.15) is 24.9 Å². The van der Waals surface area contributed by atoms with Crippen LogP contribution in [-0.4, -0.2) is 29.9 Å². The number of nitrogens with one attached hydrogen (secondary N) is 2. The topological polar surface area (TPSA) is 84.2 Å². The molecule has 1 rings (SSSR count). The van der Waals surface area contributed by atoms with E-state index in [1.165, 1.54) is 11.8 Å². The van der Waals surface area contributed by atoms with Gasteiger partial charge in [0.25, 0.3) is 11.8 Å². The predicted molar refractivity (Wildman–Crippen MR) is 78.0 cm³/mol. The minimum Gasteiger partial charge on any atom is -0.340 e. The molecular weight excluding hydrogens is 319 g/mol. The number of nitrogens with two attached hydrogens (primary N) is 1. The van der Waals surface area contributed by atoms with Crippen molar-refractivity contribution in [3.8, 4) is 0 Å². The fraction of sp³-hybridized carbons (Fsp3) is 0.385. The third-order valence-electron chi connectivity index (χ3n) is 2.85. The van der Waals surface area contributed by atoms with E-state index in [9.17, 15) is 22.8 Å². The highest BCUT2D eigenvalue weighted by Gasteiger charge is 2.30. The number of benzene rings is 1. The first-order valence-corrected chi connectivity index (χ1v) is 7.66. The Kier molecular flexibility index (Phi) is 6.69. The number of hydrazine groups is 1. The highest BCUT2D eigenvalue weighted by Crippen LogP contribution is 2.29. The van der Waals surface area contributed by atoms with Gasteiger partial charge >= 0.3 is 6.18 Å². The summed E-state index contributed by atoms with van der Waals surface area (Å²) >= 11 is 1.49. The molecule has 0 aliphatic carbocycles. The summed E-state index contributed by atoms with van der Waals surface area (Å²) in [6, 6.07) is 2.91. The van der Waals surface area contributed by atoms with Crippen molar-refractivity contribution < 1.29 is 22.8 Å². The molecule has 0 aliphatic heterocycles. The molecule has 0 bridgehead atoms. The first kappa shape index (κ1) is 18.3. The van der Waals surface area contributed by atoms with Gasteiger partial charge in [0.05, 0.1) is 5.56 Å². The third kappa shape index (κ3) is 5.23. The Hall–Kier alpha value is -1.74. The van der Waals surface area contributed by atoms with Crippen LogP contribution in [0.3, 0.4) is 0 Å². The zero-order valence-corrected chi connectivity index (χ0v) is 12.6. The largest absolute Gasteiger partial charge is 0.416 e. The number of carbonyl (C=O) groups excluding carboxylic acids is 2. The van der Waals surface area contributed by atoms with E-state index >= 15 is 0 Å². The lowest BCUT2D eigenvalue weighted by atomic mass is 10.1. The van der Waals surface area contributed by atoms with E-state index in [1.807, 2.05) is 11.7 Å². The minimum atomic E-state index is -4.46. The Morgan fingerprint density at radius 1 is 1.27 bits per heavy atom. The zero-order chi connectivity index (χ0) is 16.8. The van der Waals surface area contributed by atoms with Crippen LogP contribution in [0.25, 0.3) is 0 Å². The highest BCUT2D eigenvalue weighted by atomic mass is 32.2. The molecule has 5 nitrogen and oxygen atoms in total. The first-order valence-electron chi connectivity index (χ1n) is 6.27. The van der Waals surface area contributed by atoms with Crippen molar-refractivity contribution in [2.75, 3.05) is 12.0 Å². The molecule has 0 aromatic heterocycles. The molecule has 0 saturated heterocycles. The molecule has 1 aromatic carbocycles. The maximum atomic E-state index is 12.5. The Morgan fingerprint density at radius 3 is 2.32 bits per heavy atom. The summed E-state index contributed by atoms with van der Waals surface area (Å²) in [4.78, 5) is 23.5. The van der Waals surface area contributed by atoms with Crippen molar-refractivity contribution in [2.45, 2.75) is 18.6 Å². The molecule has 0 radical (unpaired) electrons. The lowest BCUT2D eigenvalue weighted by molar-refractivity contribution is -0.137. The number of hydrogen-bond donors (Lipinski definition) is 3. The monoisotopic (exact) mass is 335 g/mol. The number of rotatable bonds is 6. The molecule has 0 saturated carbocycles. The molecule has 0 fully saturated rings. The van der Waals surface area contributed by atoms with E-state index in [0.29, 0.717) is 12.2 Å². The van der Waals surface area contributed by atoms with E-state index in [2.05, 4.69) is 5.32 Å². The molecule has 0 heterocycles. The molecule has 0 spiro atoms. The second-order valence-electron chi connectivity index (χ2n) is 4.39. The molecule has 4 N–H and O–H groups in total. The average Bonchev–Trinajstić information content (AvgIpc) is 2.49. The van der Waals surface area contributed by atoms with E-state index in [0.717, 1.165) is 24.3 Å². The van der Waals surface area contributed by atoms with Crippen molar-refractivity contribution >= 4 is 23.6 Å². The maximum absolute atomic E-state index is 12.5. The van der Waals surface area contributed by atoms with Crippen LogP contribution in [0.15, 0.2) is 24.3 Å². The second-order valence-corrected chi connectivity index (χ2v) is 5.38. The van der Waals surface area contributed by atoms with Gasteiger partial charge in [0.2, 0.25) is 0 Å². The predicted octanol–water partition coefficient (Wildman–Crippen LogP) is 1.55. The van der Waals surface area contributed by atoms with Crippen molar-refractivity contribution in [3.63, 3.8) is 0 Å². The summed E-state index contributed by atoms with van der Waals surface area (Å²) in [6.07, 6.45) is -2.26. The lowest BCUT2D eigenvalue weighted by Crippen LogP contribution is -2.49. The number of carbonyl (C=O) groups is 2. The van der Waals surface area contributed by atoms with Gasteiger partial charge in [-0.3, -0.25) is 15.0 Å². The SMILES string of the molecule is CSCC[C@H](NC(=O)c1ccc(C(F)(F)F)cc1)C(=O)NN. The number of halogens is 3. The summed E-state index contributed by atoms with van der Waals surface area (Å²) in [5, 5.41) is 2.45. The van der Waals surface area contributed by atoms with Crippen LogP contribution in [0, 0.1) is 0 Å². The zero-order valence-electron chi connectivity index (χ0n) is 11.7. The number of hydrogen-bond acceptors (Lipinski definition) is 4. The molecular formula is C13H16F3N3O2S. The van der Waals surface area contributed by atoms with Gasteiger partial charge in [0, 0.05) is 5.56 Å². The van der Waals surface area contributed by atoms with Gasteiger partial charge in [-0.15, -0.1) is 0 Å². The third-order valence-corrected chi connectivity index (χ3v) is 3.49. The Labute approximate surface area is 129 Å². The second kappa shape index (κ2) is 8.04. The van der Waals surface area contributed by atoms with Gasteiger partial charge in [0.15, 0.2) is 0 Å². The smallest absolute Gasteiger partial charge is 0.340 e. The number of alkyl halides is 3. The fourth-order valence-electron chi connectivity index (χ4n) is 1.66. The van der Waals surface area contributed by atoms with E-state index in [4.69, 9.17) is 5.84 Å². The summed E-state index contributed by atoms with van der Waals surface area (Å²) in [7, 11) is 0. The van der Waals surface area contributed by atoms with Crippen LogP contribution in [0.4, 0.5) is 13.2 Å². The molecule has 0 unspecified atom stereocenters. The lowest BCUT2D eigenvalue weighted by Gasteiger charge is -2.17. The standard InChI is InChI=1S/C13H16F3N3O2S/c1-22-7-6-10(12(21)19-17)18-11(20)8-2-4-9(5-3-8)13(14,15)16/h2-5,10H,6-7,17H2,1H3,(H,18,20)(H,19,21)/t10-/m0/s1. The van der Waals surface area contributed by atoms with Crippen LogP contribution in [0.1, 0.15) is 22.3 Å². The van der Waals surface area contributed by atoms with Crippen molar-refractivity contribution in [1.29, 1.82) is 0 Å². The van der Waals surface area contributed by atoms with Crippen LogP contribution in [0.2, 0.25) is 0 Å². The molecule has 1 atom stereocenters. The van der Waals surface area contributed by atoms with Gasteiger partial charge in [0.1, 0.15) is 6.04 Å². The minimum absolute atomic E-state index is 0.0342. The Balaban J connectivity index is 2.79. The summed E-state index contributed by atoms with van der Waals surface area (Å²) in [5.74, 6) is 4.46. The Morgan fingerprint density at radius 2 is 1.86 bits per heavy atom. The molecule has 0 aliphatic rings. The van der Waals surface area contributed by atoms with Crippen molar-refractivity contribution in [2.24, 2.45) is 5.84 Å². The summed E-state index contributed by atoms with van der Waals surface area (Å²) in [6.45, 7) is 0. The Bertz CT molecular complexity index is 520. The van der Waals surface area contributed by atoms with E-state index in [-0.39, 0.29) is 5.56 Å². The number of thioether (sulfide) groups is 1. The summed E-state index contributed by atoms with van der Waals surface area (Å²) < 4.78 is 37.4.